The first kappa shape index (κ1) is 25.9. The maximum atomic E-state index is 14.2. The fraction of sp³-hybridized carbons (Fsp3) is 0.194. The first-order valence-corrected chi connectivity index (χ1v) is 13.8. The Morgan fingerprint density at radius 2 is 1.82 bits per heavy atom. The Labute approximate surface area is 234 Å². The number of nitrogens with zero attached hydrogens (tertiary/aromatic N) is 3. The molecule has 2 aliphatic rings. The number of benzene rings is 3. The molecule has 6 nitrogen and oxygen atoms in total. The van der Waals surface area contributed by atoms with E-state index in [1.54, 1.807) is 64.8 Å². The SMILES string of the molecule is O=C1c2cccc(OCC(=O)N3N=C(c4cccs4)C[C@@H]3c3ccc(F)cc3)c2CCN1Cc1ccccc1F. The molecule has 0 aliphatic carbocycles. The highest BCUT2D eigenvalue weighted by atomic mass is 32.1. The number of hydrazone groups is 1. The van der Waals surface area contributed by atoms with Crippen LogP contribution in [0.4, 0.5) is 8.78 Å². The fourth-order valence-corrected chi connectivity index (χ4v) is 5.86. The molecule has 202 valence electrons. The van der Waals surface area contributed by atoms with Crippen molar-refractivity contribution in [3.8, 4) is 5.75 Å². The fourth-order valence-electron chi connectivity index (χ4n) is 5.14. The van der Waals surface area contributed by atoms with Crippen LogP contribution in [-0.2, 0) is 17.8 Å². The maximum absolute atomic E-state index is 14.2. The molecule has 3 heterocycles. The van der Waals surface area contributed by atoms with E-state index in [4.69, 9.17) is 4.74 Å². The van der Waals surface area contributed by atoms with Crippen LogP contribution in [0.3, 0.4) is 0 Å². The molecule has 9 heteroatoms. The largest absolute Gasteiger partial charge is 0.483 e. The van der Waals surface area contributed by atoms with Gasteiger partial charge in [-0.15, -0.1) is 11.3 Å². The molecule has 40 heavy (non-hydrogen) atoms. The standard InChI is InChI=1S/C31H25F2N3O3S/c32-22-12-10-20(11-13-22)27-17-26(29-9-4-16-40-29)34-36(27)30(37)19-39-28-8-3-6-24-23(28)14-15-35(31(24)38)18-21-5-1-2-7-25(21)33/h1-13,16,27H,14-15,17-19H2/t27-/m1/s1. The van der Waals surface area contributed by atoms with Crippen LogP contribution in [0.15, 0.2) is 89.3 Å². The van der Waals surface area contributed by atoms with Gasteiger partial charge in [-0.2, -0.15) is 5.10 Å². The summed E-state index contributed by atoms with van der Waals surface area (Å²) in [7, 11) is 0. The summed E-state index contributed by atoms with van der Waals surface area (Å²) in [6, 6.07) is 21.2. The van der Waals surface area contributed by atoms with Gasteiger partial charge >= 0.3 is 0 Å². The van der Waals surface area contributed by atoms with Crippen molar-refractivity contribution in [2.24, 2.45) is 5.10 Å². The van der Waals surface area contributed by atoms with Gasteiger partial charge in [0.25, 0.3) is 11.8 Å². The molecule has 3 aromatic carbocycles. The topological polar surface area (TPSA) is 62.2 Å². The lowest BCUT2D eigenvalue weighted by Gasteiger charge is -2.30. The summed E-state index contributed by atoms with van der Waals surface area (Å²) < 4.78 is 33.7. The highest BCUT2D eigenvalue weighted by Gasteiger charge is 2.34. The van der Waals surface area contributed by atoms with Crippen LogP contribution in [0.1, 0.15) is 44.4 Å². The third-order valence-electron chi connectivity index (χ3n) is 7.18. The van der Waals surface area contributed by atoms with E-state index in [0.29, 0.717) is 36.3 Å². The Bertz CT molecular complexity index is 1590. The zero-order chi connectivity index (χ0) is 27.6. The average molecular weight is 558 g/mol. The second kappa shape index (κ2) is 11.0. The molecular weight excluding hydrogens is 532 g/mol. The number of amides is 2. The summed E-state index contributed by atoms with van der Waals surface area (Å²) in [6.45, 7) is 0.309. The van der Waals surface area contributed by atoms with Crippen molar-refractivity contribution in [1.29, 1.82) is 0 Å². The lowest BCUT2D eigenvalue weighted by Crippen LogP contribution is -2.37. The van der Waals surface area contributed by atoms with Crippen LogP contribution in [0.5, 0.6) is 5.75 Å². The molecule has 2 aliphatic heterocycles. The molecule has 0 saturated heterocycles. The molecular formula is C31H25F2N3O3S. The summed E-state index contributed by atoms with van der Waals surface area (Å²) >= 11 is 1.54. The second-order valence-corrected chi connectivity index (χ2v) is 10.6. The van der Waals surface area contributed by atoms with E-state index >= 15 is 0 Å². The Balaban J connectivity index is 1.19. The number of carbonyl (C=O) groups excluding carboxylic acids is 2. The molecule has 0 spiro atoms. The van der Waals surface area contributed by atoms with E-state index in [9.17, 15) is 18.4 Å². The van der Waals surface area contributed by atoms with Crippen LogP contribution < -0.4 is 4.74 Å². The number of ether oxygens (including phenoxy) is 1. The lowest BCUT2D eigenvalue weighted by atomic mass is 9.97. The molecule has 0 saturated carbocycles. The highest BCUT2D eigenvalue weighted by Crippen LogP contribution is 2.34. The van der Waals surface area contributed by atoms with E-state index in [2.05, 4.69) is 5.10 Å². The molecule has 4 aromatic rings. The van der Waals surface area contributed by atoms with Gasteiger partial charge in [0.15, 0.2) is 6.61 Å². The number of fused-ring (bicyclic) bond motifs is 1. The minimum absolute atomic E-state index is 0.179. The van der Waals surface area contributed by atoms with Gasteiger partial charge in [-0.25, -0.2) is 13.8 Å². The van der Waals surface area contributed by atoms with Crippen LogP contribution >= 0.6 is 11.3 Å². The normalized spacial score (nSPS) is 16.6. The van der Waals surface area contributed by atoms with Crippen molar-refractivity contribution >= 4 is 28.9 Å². The molecule has 0 bridgehead atoms. The van der Waals surface area contributed by atoms with Crippen molar-refractivity contribution < 1.29 is 23.1 Å². The Morgan fingerprint density at radius 1 is 1.00 bits per heavy atom. The third kappa shape index (κ3) is 5.12. The number of thiophene rings is 1. The van der Waals surface area contributed by atoms with E-state index in [-0.39, 0.29) is 42.6 Å². The van der Waals surface area contributed by atoms with E-state index in [1.807, 2.05) is 17.5 Å². The summed E-state index contributed by atoms with van der Waals surface area (Å²) in [6.07, 6.45) is 1.02. The summed E-state index contributed by atoms with van der Waals surface area (Å²) in [5.41, 5.74) is 3.24. The van der Waals surface area contributed by atoms with Crippen LogP contribution in [0, 0.1) is 11.6 Å². The summed E-state index contributed by atoms with van der Waals surface area (Å²) in [5, 5.41) is 7.99. The molecule has 6 rings (SSSR count). The summed E-state index contributed by atoms with van der Waals surface area (Å²) in [5.74, 6) is -0.783. The van der Waals surface area contributed by atoms with Gasteiger partial charge in [-0.3, -0.25) is 9.59 Å². The number of carbonyl (C=O) groups is 2. The van der Waals surface area contributed by atoms with Crippen molar-refractivity contribution in [2.75, 3.05) is 13.2 Å². The molecule has 0 N–H and O–H groups in total. The number of rotatable bonds is 7. The predicted molar refractivity (Wildman–Crippen MR) is 148 cm³/mol. The molecule has 0 radical (unpaired) electrons. The Morgan fingerprint density at radius 3 is 2.60 bits per heavy atom. The molecule has 2 amide bonds. The van der Waals surface area contributed by atoms with Crippen LogP contribution in [-0.4, -0.2) is 40.6 Å². The lowest BCUT2D eigenvalue weighted by molar-refractivity contribution is -0.135. The van der Waals surface area contributed by atoms with Crippen molar-refractivity contribution in [3.05, 3.63) is 123 Å². The van der Waals surface area contributed by atoms with Crippen LogP contribution in [0.25, 0.3) is 0 Å². The number of hydrogen-bond donors (Lipinski definition) is 0. The number of halogens is 2. The molecule has 0 unspecified atom stereocenters. The maximum Gasteiger partial charge on any atom is 0.281 e. The monoisotopic (exact) mass is 557 g/mol. The van der Waals surface area contributed by atoms with Gasteiger partial charge < -0.3 is 9.64 Å². The van der Waals surface area contributed by atoms with Gasteiger partial charge in [-0.1, -0.05) is 42.5 Å². The predicted octanol–water partition coefficient (Wildman–Crippen LogP) is 5.98. The van der Waals surface area contributed by atoms with Crippen molar-refractivity contribution in [1.82, 2.24) is 9.91 Å². The first-order chi connectivity index (χ1) is 19.5. The molecule has 1 aromatic heterocycles. The van der Waals surface area contributed by atoms with E-state index in [0.717, 1.165) is 21.7 Å². The summed E-state index contributed by atoms with van der Waals surface area (Å²) in [4.78, 5) is 29.2. The minimum Gasteiger partial charge on any atom is -0.483 e. The Hall–Kier alpha value is -4.37. The third-order valence-corrected chi connectivity index (χ3v) is 8.10. The van der Waals surface area contributed by atoms with Gasteiger partial charge in [0.1, 0.15) is 17.4 Å². The van der Waals surface area contributed by atoms with Gasteiger partial charge in [-0.05, 0) is 53.8 Å². The first-order valence-electron chi connectivity index (χ1n) is 12.9. The van der Waals surface area contributed by atoms with Gasteiger partial charge in [0, 0.05) is 36.2 Å². The molecule has 0 fully saturated rings. The second-order valence-electron chi connectivity index (χ2n) is 9.67. The smallest absolute Gasteiger partial charge is 0.281 e. The van der Waals surface area contributed by atoms with Gasteiger partial charge in [0.2, 0.25) is 0 Å². The average Bonchev–Trinajstić information content (AvgIpc) is 3.66. The Kier molecular flexibility index (Phi) is 7.13. The minimum atomic E-state index is -0.382. The molecule has 1 atom stereocenters. The highest BCUT2D eigenvalue weighted by molar-refractivity contribution is 7.12. The van der Waals surface area contributed by atoms with E-state index < -0.39 is 0 Å². The van der Waals surface area contributed by atoms with E-state index in [1.165, 1.54) is 23.2 Å². The zero-order valence-electron chi connectivity index (χ0n) is 21.4. The van der Waals surface area contributed by atoms with Crippen LogP contribution in [0.2, 0.25) is 0 Å². The quantitative estimate of drug-likeness (QED) is 0.281. The van der Waals surface area contributed by atoms with Crippen molar-refractivity contribution in [3.63, 3.8) is 0 Å². The zero-order valence-corrected chi connectivity index (χ0v) is 22.2. The van der Waals surface area contributed by atoms with Gasteiger partial charge in [0.05, 0.1) is 16.6 Å². The van der Waals surface area contributed by atoms with Crippen molar-refractivity contribution in [2.45, 2.75) is 25.4 Å². The number of hydrogen-bond acceptors (Lipinski definition) is 5.